The van der Waals surface area contributed by atoms with Gasteiger partial charge in [-0.25, -0.2) is 0 Å². The van der Waals surface area contributed by atoms with Gasteiger partial charge in [-0.3, -0.25) is 9.59 Å². The SMILES string of the molecule is CC(=O)Oc1ccc2oc(CBr)c(C(=O)c3ccccc3)c2c1. The molecular weight excluding hydrogens is 360 g/mol. The first-order valence-electron chi connectivity index (χ1n) is 6.99. The van der Waals surface area contributed by atoms with Crippen molar-refractivity contribution in [1.29, 1.82) is 0 Å². The molecule has 3 rings (SSSR count). The molecule has 0 radical (unpaired) electrons. The summed E-state index contributed by atoms with van der Waals surface area (Å²) < 4.78 is 10.8. The second kappa shape index (κ2) is 6.38. The third-order valence-corrected chi connectivity index (χ3v) is 3.89. The maximum atomic E-state index is 12.8. The lowest BCUT2D eigenvalue weighted by Gasteiger charge is -2.03. The molecule has 5 heteroatoms. The molecule has 23 heavy (non-hydrogen) atoms. The highest BCUT2D eigenvalue weighted by Gasteiger charge is 2.22. The van der Waals surface area contributed by atoms with Crippen molar-refractivity contribution in [2.75, 3.05) is 0 Å². The molecule has 0 atom stereocenters. The number of rotatable bonds is 4. The van der Waals surface area contributed by atoms with Crippen LogP contribution in [-0.2, 0) is 10.1 Å². The van der Waals surface area contributed by atoms with E-state index in [4.69, 9.17) is 9.15 Å². The second-order valence-electron chi connectivity index (χ2n) is 4.98. The number of fused-ring (bicyclic) bond motifs is 1. The van der Waals surface area contributed by atoms with Gasteiger partial charge in [0.25, 0.3) is 0 Å². The van der Waals surface area contributed by atoms with E-state index >= 15 is 0 Å². The van der Waals surface area contributed by atoms with Crippen LogP contribution in [0.2, 0.25) is 0 Å². The highest BCUT2D eigenvalue weighted by molar-refractivity contribution is 9.08. The summed E-state index contributed by atoms with van der Waals surface area (Å²) in [6, 6.07) is 14.0. The van der Waals surface area contributed by atoms with Crippen LogP contribution in [-0.4, -0.2) is 11.8 Å². The molecule has 0 aliphatic heterocycles. The number of hydrogen-bond donors (Lipinski definition) is 0. The summed E-state index contributed by atoms with van der Waals surface area (Å²) in [5.74, 6) is 0.395. The Balaban J connectivity index is 2.17. The first-order chi connectivity index (χ1) is 11.1. The van der Waals surface area contributed by atoms with Gasteiger partial charge in [0, 0.05) is 17.9 Å². The fourth-order valence-electron chi connectivity index (χ4n) is 2.43. The highest BCUT2D eigenvalue weighted by Crippen LogP contribution is 2.32. The standard InChI is InChI=1S/C18H13BrO4/c1-11(20)22-13-7-8-15-14(9-13)17(16(10-19)23-15)18(21)12-5-3-2-4-6-12/h2-9H,10H2,1H3. The van der Waals surface area contributed by atoms with Crippen LogP contribution in [0.5, 0.6) is 5.75 Å². The molecule has 2 aromatic carbocycles. The molecule has 1 heterocycles. The third-order valence-electron chi connectivity index (χ3n) is 3.38. The number of halogens is 1. The molecule has 0 bridgehead atoms. The van der Waals surface area contributed by atoms with Crippen molar-refractivity contribution in [3.05, 3.63) is 65.4 Å². The summed E-state index contributed by atoms with van der Waals surface area (Å²) in [7, 11) is 0. The summed E-state index contributed by atoms with van der Waals surface area (Å²) in [4.78, 5) is 24.0. The van der Waals surface area contributed by atoms with Gasteiger partial charge in [0.05, 0.1) is 10.9 Å². The van der Waals surface area contributed by atoms with E-state index in [0.29, 0.717) is 38.9 Å². The molecule has 1 aromatic heterocycles. The second-order valence-corrected chi connectivity index (χ2v) is 5.54. The summed E-state index contributed by atoms with van der Waals surface area (Å²) in [6.45, 7) is 1.33. The van der Waals surface area contributed by atoms with E-state index in [-0.39, 0.29) is 5.78 Å². The Morgan fingerprint density at radius 2 is 1.87 bits per heavy atom. The first kappa shape index (κ1) is 15.5. The number of furan rings is 1. The Hall–Kier alpha value is -2.40. The topological polar surface area (TPSA) is 56.5 Å². The summed E-state index contributed by atoms with van der Waals surface area (Å²) in [5.41, 5.74) is 1.64. The molecular formula is C18H13BrO4. The van der Waals surface area contributed by atoms with Crippen LogP contribution in [0.15, 0.2) is 52.9 Å². The molecule has 0 saturated carbocycles. The Labute approximate surface area is 141 Å². The fourth-order valence-corrected chi connectivity index (χ4v) is 2.83. The smallest absolute Gasteiger partial charge is 0.308 e. The number of esters is 1. The lowest BCUT2D eigenvalue weighted by atomic mass is 10.0. The Morgan fingerprint density at radius 1 is 1.13 bits per heavy atom. The summed E-state index contributed by atoms with van der Waals surface area (Å²) >= 11 is 3.35. The molecule has 4 nitrogen and oxygen atoms in total. The van der Waals surface area contributed by atoms with Gasteiger partial charge in [-0.05, 0) is 18.2 Å². The zero-order valence-electron chi connectivity index (χ0n) is 12.3. The molecule has 3 aromatic rings. The Bertz CT molecular complexity index is 881. The van der Waals surface area contributed by atoms with E-state index in [1.165, 1.54) is 6.92 Å². The normalized spacial score (nSPS) is 10.7. The van der Waals surface area contributed by atoms with Crippen LogP contribution < -0.4 is 4.74 Å². The van der Waals surface area contributed by atoms with Crippen molar-refractivity contribution in [2.45, 2.75) is 12.3 Å². The minimum Gasteiger partial charge on any atom is -0.459 e. The van der Waals surface area contributed by atoms with E-state index in [0.717, 1.165) is 0 Å². The molecule has 0 fully saturated rings. The van der Waals surface area contributed by atoms with Crippen LogP contribution >= 0.6 is 15.9 Å². The fraction of sp³-hybridized carbons (Fsp3) is 0.111. The predicted molar refractivity (Wildman–Crippen MR) is 90.0 cm³/mol. The molecule has 0 saturated heterocycles. The van der Waals surface area contributed by atoms with Gasteiger partial charge >= 0.3 is 5.97 Å². The molecule has 0 amide bonds. The maximum Gasteiger partial charge on any atom is 0.308 e. The number of carbonyl (C=O) groups is 2. The van der Waals surface area contributed by atoms with Gasteiger partial charge in [0.1, 0.15) is 17.1 Å². The lowest BCUT2D eigenvalue weighted by Crippen LogP contribution is -2.03. The molecule has 0 unspecified atom stereocenters. The zero-order valence-corrected chi connectivity index (χ0v) is 13.9. The quantitative estimate of drug-likeness (QED) is 0.293. The molecule has 116 valence electrons. The number of benzene rings is 2. The predicted octanol–water partition coefficient (Wildman–Crippen LogP) is 4.48. The first-order valence-corrected chi connectivity index (χ1v) is 8.12. The minimum absolute atomic E-state index is 0.126. The van der Waals surface area contributed by atoms with E-state index in [1.54, 1.807) is 30.3 Å². The highest BCUT2D eigenvalue weighted by atomic mass is 79.9. The zero-order chi connectivity index (χ0) is 16.4. The van der Waals surface area contributed by atoms with E-state index < -0.39 is 5.97 Å². The number of hydrogen-bond acceptors (Lipinski definition) is 4. The van der Waals surface area contributed by atoms with Gasteiger partial charge in [-0.2, -0.15) is 0 Å². The van der Waals surface area contributed by atoms with Crippen molar-refractivity contribution in [1.82, 2.24) is 0 Å². The van der Waals surface area contributed by atoms with E-state index in [1.807, 2.05) is 18.2 Å². The van der Waals surface area contributed by atoms with Crippen LogP contribution in [0, 0.1) is 0 Å². The average Bonchev–Trinajstić information content (AvgIpc) is 2.92. The van der Waals surface area contributed by atoms with Gasteiger partial charge in [-0.1, -0.05) is 46.3 Å². The van der Waals surface area contributed by atoms with Crippen molar-refractivity contribution in [3.8, 4) is 5.75 Å². The third kappa shape index (κ3) is 3.05. The minimum atomic E-state index is -0.413. The largest absolute Gasteiger partial charge is 0.459 e. The van der Waals surface area contributed by atoms with E-state index in [9.17, 15) is 9.59 Å². The molecule has 0 spiro atoms. The van der Waals surface area contributed by atoms with Gasteiger partial charge in [-0.15, -0.1) is 0 Å². The Kier molecular flexibility index (Phi) is 4.30. The van der Waals surface area contributed by atoms with E-state index in [2.05, 4.69) is 15.9 Å². The number of ketones is 1. The monoisotopic (exact) mass is 372 g/mol. The number of carbonyl (C=O) groups excluding carboxylic acids is 2. The van der Waals surface area contributed by atoms with Crippen molar-refractivity contribution >= 4 is 38.7 Å². The van der Waals surface area contributed by atoms with Crippen LogP contribution in [0.25, 0.3) is 11.0 Å². The van der Waals surface area contributed by atoms with Crippen molar-refractivity contribution < 1.29 is 18.7 Å². The number of ether oxygens (including phenoxy) is 1. The Morgan fingerprint density at radius 3 is 2.52 bits per heavy atom. The molecule has 0 N–H and O–H groups in total. The molecule has 0 aliphatic rings. The van der Waals surface area contributed by atoms with Crippen LogP contribution in [0.3, 0.4) is 0 Å². The van der Waals surface area contributed by atoms with Crippen LogP contribution in [0.4, 0.5) is 0 Å². The van der Waals surface area contributed by atoms with Crippen molar-refractivity contribution in [3.63, 3.8) is 0 Å². The van der Waals surface area contributed by atoms with Gasteiger partial charge in [0.2, 0.25) is 0 Å². The summed E-state index contributed by atoms with van der Waals surface area (Å²) in [5, 5.41) is 1.05. The summed E-state index contributed by atoms with van der Waals surface area (Å²) in [6.07, 6.45) is 0. The van der Waals surface area contributed by atoms with Crippen LogP contribution in [0.1, 0.15) is 28.6 Å². The van der Waals surface area contributed by atoms with Gasteiger partial charge in [0.15, 0.2) is 5.78 Å². The van der Waals surface area contributed by atoms with Gasteiger partial charge < -0.3 is 9.15 Å². The number of alkyl halides is 1. The van der Waals surface area contributed by atoms with Crippen molar-refractivity contribution in [2.24, 2.45) is 0 Å². The maximum absolute atomic E-state index is 12.8. The lowest BCUT2D eigenvalue weighted by molar-refractivity contribution is -0.131. The molecule has 0 aliphatic carbocycles. The average molecular weight is 373 g/mol.